The van der Waals surface area contributed by atoms with Gasteiger partial charge >= 0.3 is 0 Å². The Morgan fingerprint density at radius 3 is 1.97 bits per heavy atom. The van der Waals surface area contributed by atoms with Crippen molar-refractivity contribution in [3.8, 4) is 11.5 Å². The van der Waals surface area contributed by atoms with E-state index in [1.807, 2.05) is 55.5 Å². The van der Waals surface area contributed by atoms with Gasteiger partial charge < -0.3 is 20.1 Å². The number of rotatable bonds is 10. The molecule has 4 aromatic rings. The van der Waals surface area contributed by atoms with Crippen molar-refractivity contribution in [2.75, 3.05) is 24.9 Å². The van der Waals surface area contributed by atoms with Gasteiger partial charge in [-0.2, -0.15) is 13.4 Å². The molecule has 0 fully saturated rings. The number of hydrogen-bond acceptors (Lipinski definition) is 8. The molecule has 0 aliphatic rings. The zero-order valence-corrected chi connectivity index (χ0v) is 20.5. The molecule has 9 nitrogen and oxygen atoms in total. The first kappa shape index (κ1) is 24.1. The molecule has 0 aliphatic heterocycles. The van der Waals surface area contributed by atoms with Crippen LogP contribution in [0.1, 0.15) is 16.7 Å². The third-order valence-corrected chi connectivity index (χ3v) is 6.87. The molecule has 0 unspecified atom stereocenters. The summed E-state index contributed by atoms with van der Waals surface area (Å²) in [5, 5.41) is 10.5. The molecule has 0 saturated heterocycles. The fourth-order valence-corrected chi connectivity index (χ4v) is 4.58. The molecule has 4 rings (SSSR count). The summed E-state index contributed by atoms with van der Waals surface area (Å²) in [4.78, 5) is 4.54. The maximum atomic E-state index is 13.4. The number of methoxy groups -OCH3 is 2. The van der Waals surface area contributed by atoms with E-state index in [1.54, 1.807) is 38.5 Å². The Bertz CT molecular complexity index is 1400. The fourth-order valence-electron chi connectivity index (χ4n) is 3.39. The topological polar surface area (TPSA) is 107 Å². The maximum Gasteiger partial charge on any atom is 0.286 e. The number of hydrogen-bond donors (Lipinski definition) is 2. The number of nitrogens with zero attached hydrogens (tertiary/aromatic N) is 3. The molecular formula is C25H27N5O4S. The first-order valence-electron chi connectivity index (χ1n) is 10.9. The Morgan fingerprint density at radius 1 is 0.829 bits per heavy atom. The van der Waals surface area contributed by atoms with Crippen LogP contribution >= 0.6 is 0 Å². The minimum atomic E-state index is -3.98. The number of anilines is 2. The number of benzene rings is 3. The van der Waals surface area contributed by atoms with Crippen molar-refractivity contribution in [1.82, 2.24) is 14.2 Å². The molecule has 1 heterocycles. The minimum absolute atomic E-state index is 0.0986. The van der Waals surface area contributed by atoms with E-state index in [4.69, 9.17) is 9.47 Å². The van der Waals surface area contributed by atoms with Gasteiger partial charge in [-0.15, -0.1) is 9.19 Å². The summed E-state index contributed by atoms with van der Waals surface area (Å²) in [7, 11) is -0.783. The fraction of sp³-hybridized carbons (Fsp3) is 0.200. The van der Waals surface area contributed by atoms with Crippen molar-refractivity contribution in [3.05, 3.63) is 89.5 Å². The second kappa shape index (κ2) is 10.5. The van der Waals surface area contributed by atoms with Crippen molar-refractivity contribution in [1.29, 1.82) is 0 Å². The highest BCUT2D eigenvalue weighted by Crippen LogP contribution is 2.22. The van der Waals surface area contributed by atoms with Gasteiger partial charge in [0.15, 0.2) is 0 Å². The summed E-state index contributed by atoms with van der Waals surface area (Å²) < 4.78 is 38.3. The molecule has 0 spiro atoms. The standard InChI is InChI=1S/C25H27N5O4S/c1-18-10-12-23(13-11-18)35(31,32)30-25(27-17-20-7-5-9-22(15-20)34-3)28-24(29-30)26-16-19-6-4-8-21(14-19)33-2/h4-15H,16-17H2,1-3H3,(H2,26,27,28,29). The van der Waals surface area contributed by atoms with Gasteiger partial charge in [-0.25, -0.2) is 0 Å². The Labute approximate surface area is 204 Å². The highest BCUT2D eigenvalue weighted by molar-refractivity contribution is 7.90. The van der Waals surface area contributed by atoms with Crippen LogP contribution in [0.5, 0.6) is 11.5 Å². The molecule has 35 heavy (non-hydrogen) atoms. The zero-order valence-electron chi connectivity index (χ0n) is 19.7. The smallest absolute Gasteiger partial charge is 0.286 e. The average Bonchev–Trinajstić information content (AvgIpc) is 3.31. The van der Waals surface area contributed by atoms with E-state index in [0.29, 0.717) is 18.8 Å². The molecule has 0 bridgehead atoms. The Hall–Kier alpha value is -4.05. The molecule has 3 aromatic carbocycles. The van der Waals surface area contributed by atoms with E-state index in [0.717, 1.165) is 26.5 Å². The van der Waals surface area contributed by atoms with Crippen LogP contribution in [0.4, 0.5) is 11.9 Å². The molecule has 10 heteroatoms. The lowest BCUT2D eigenvalue weighted by Crippen LogP contribution is -2.18. The van der Waals surface area contributed by atoms with E-state index in [9.17, 15) is 8.42 Å². The lowest BCUT2D eigenvalue weighted by Gasteiger charge is -2.10. The van der Waals surface area contributed by atoms with Gasteiger partial charge in [-0.3, -0.25) is 0 Å². The van der Waals surface area contributed by atoms with E-state index in [1.165, 1.54) is 0 Å². The lowest BCUT2D eigenvalue weighted by atomic mass is 10.2. The van der Waals surface area contributed by atoms with E-state index in [2.05, 4.69) is 20.7 Å². The van der Waals surface area contributed by atoms with Crippen LogP contribution in [-0.2, 0) is 23.1 Å². The largest absolute Gasteiger partial charge is 0.497 e. The summed E-state index contributed by atoms with van der Waals surface area (Å²) in [5.41, 5.74) is 2.80. The number of aryl methyl sites for hydroxylation is 1. The molecule has 182 valence electrons. The van der Waals surface area contributed by atoms with E-state index < -0.39 is 10.0 Å². The molecule has 1 aromatic heterocycles. The van der Waals surface area contributed by atoms with Crippen molar-refractivity contribution in [2.24, 2.45) is 0 Å². The number of ether oxygens (including phenoxy) is 2. The summed E-state index contributed by atoms with van der Waals surface area (Å²) in [6.45, 7) is 2.61. The SMILES string of the molecule is COc1cccc(CNc2nc(NCc3cccc(OC)c3)n(S(=O)(=O)c3ccc(C)cc3)n2)c1. The predicted molar refractivity (Wildman–Crippen MR) is 134 cm³/mol. The second-order valence-corrected chi connectivity index (χ2v) is 9.60. The highest BCUT2D eigenvalue weighted by atomic mass is 32.2. The Balaban J connectivity index is 1.62. The number of nitrogens with one attached hydrogen (secondary N) is 2. The third-order valence-electron chi connectivity index (χ3n) is 5.29. The van der Waals surface area contributed by atoms with Gasteiger partial charge in [-0.05, 0) is 54.4 Å². The first-order chi connectivity index (χ1) is 16.9. The molecule has 2 N–H and O–H groups in total. The molecule has 0 saturated carbocycles. The van der Waals surface area contributed by atoms with Crippen molar-refractivity contribution >= 4 is 21.9 Å². The van der Waals surface area contributed by atoms with Gasteiger partial charge in [0, 0.05) is 13.1 Å². The average molecular weight is 494 g/mol. The van der Waals surface area contributed by atoms with Crippen LogP contribution in [0.2, 0.25) is 0 Å². The first-order valence-corrected chi connectivity index (χ1v) is 12.4. The van der Waals surface area contributed by atoms with Gasteiger partial charge in [0.1, 0.15) is 11.5 Å². The zero-order chi connectivity index (χ0) is 24.8. The quantitative estimate of drug-likeness (QED) is 0.341. The van der Waals surface area contributed by atoms with Crippen LogP contribution in [0.25, 0.3) is 0 Å². The summed E-state index contributed by atoms with van der Waals surface area (Å²) in [5.74, 6) is 1.71. The highest BCUT2D eigenvalue weighted by Gasteiger charge is 2.24. The van der Waals surface area contributed by atoms with Gasteiger partial charge in [0.2, 0.25) is 11.9 Å². The van der Waals surface area contributed by atoms with Crippen LogP contribution in [0.15, 0.2) is 77.7 Å². The van der Waals surface area contributed by atoms with E-state index >= 15 is 0 Å². The van der Waals surface area contributed by atoms with Crippen LogP contribution in [0, 0.1) is 6.92 Å². The molecule has 0 aliphatic carbocycles. The van der Waals surface area contributed by atoms with Gasteiger partial charge in [0.25, 0.3) is 10.0 Å². The van der Waals surface area contributed by atoms with Gasteiger partial charge in [-0.1, -0.05) is 42.0 Å². The summed E-state index contributed by atoms with van der Waals surface area (Å²) in [6.07, 6.45) is 0. The molecule has 0 atom stereocenters. The van der Waals surface area contributed by atoms with Crippen LogP contribution in [-0.4, -0.2) is 36.8 Å². The minimum Gasteiger partial charge on any atom is -0.497 e. The van der Waals surface area contributed by atoms with Crippen molar-refractivity contribution in [3.63, 3.8) is 0 Å². The van der Waals surface area contributed by atoms with Crippen molar-refractivity contribution < 1.29 is 17.9 Å². The Morgan fingerprint density at radius 2 is 1.40 bits per heavy atom. The Kier molecular flexibility index (Phi) is 7.21. The van der Waals surface area contributed by atoms with Crippen molar-refractivity contribution in [2.45, 2.75) is 24.9 Å². The normalized spacial score (nSPS) is 11.2. The molecule has 0 amide bonds. The van der Waals surface area contributed by atoms with Gasteiger partial charge in [0.05, 0.1) is 19.1 Å². The summed E-state index contributed by atoms with van der Waals surface area (Å²) in [6, 6.07) is 21.6. The summed E-state index contributed by atoms with van der Waals surface area (Å²) >= 11 is 0. The molecule has 0 radical (unpaired) electrons. The monoisotopic (exact) mass is 493 g/mol. The predicted octanol–water partition coefficient (Wildman–Crippen LogP) is 4.06. The van der Waals surface area contributed by atoms with Crippen LogP contribution in [0.3, 0.4) is 0 Å². The lowest BCUT2D eigenvalue weighted by molar-refractivity contribution is 0.414. The third kappa shape index (κ3) is 5.72. The van der Waals surface area contributed by atoms with E-state index in [-0.39, 0.29) is 16.8 Å². The number of aromatic nitrogens is 3. The second-order valence-electron chi connectivity index (χ2n) is 7.83. The molecular weight excluding hydrogens is 466 g/mol. The van der Waals surface area contributed by atoms with Crippen LogP contribution < -0.4 is 20.1 Å². The maximum absolute atomic E-state index is 13.4.